The van der Waals surface area contributed by atoms with Gasteiger partial charge in [-0.3, -0.25) is 0 Å². The molecule has 2 bridgehead atoms. The number of nitrogens with zero attached hydrogens (tertiary/aromatic N) is 3. The highest BCUT2D eigenvalue weighted by molar-refractivity contribution is 5.75. The molecule has 4 fully saturated rings. The van der Waals surface area contributed by atoms with Crippen LogP contribution >= 0.6 is 0 Å². The summed E-state index contributed by atoms with van der Waals surface area (Å²) in [4.78, 5) is 1.70. The summed E-state index contributed by atoms with van der Waals surface area (Å²) in [5.74, 6) is 3.34. The van der Waals surface area contributed by atoms with E-state index in [0.29, 0.717) is 5.92 Å². The number of rotatable bonds is 5. The Morgan fingerprint density at radius 2 is 1.65 bits per heavy atom. The second-order valence-corrected chi connectivity index (χ2v) is 10.2. The van der Waals surface area contributed by atoms with Crippen LogP contribution in [0, 0.1) is 31.6 Å². The van der Waals surface area contributed by atoms with Crippen LogP contribution in [0.3, 0.4) is 0 Å². The third-order valence-corrected chi connectivity index (χ3v) is 7.60. The molecular weight excluding hydrogens is 418 g/mol. The van der Waals surface area contributed by atoms with E-state index in [1.807, 2.05) is 0 Å². The fraction of sp³-hybridized carbons (Fsp3) is 0.400. The van der Waals surface area contributed by atoms with E-state index in [4.69, 9.17) is 4.74 Å². The maximum Gasteiger partial charge on any atom is 0.119 e. The van der Waals surface area contributed by atoms with Crippen molar-refractivity contribution in [1.82, 2.24) is 15.0 Å². The van der Waals surface area contributed by atoms with Gasteiger partial charge < -0.3 is 4.74 Å². The largest absolute Gasteiger partial charge is 0.493 e. The Kier molecular flexibility index (Phi) is 6.40. The highest BCUT2D eigenvalue weighted by Crippen LogP contribution is 2.50. The molecule has 1 atom stereocenters. The van der Waals surface area contributed by atoms with Crippen LogP contribution < -0.4 is 4.74 Å². The van der Waals surface area contributed by atoms with E-state index in [0.717, 1.165) is 29.9 Å². The number of aromatic nitrogens is 3. The number of ether oxygens (including phenoxy) is 1. The maximum atomic E-state index is 5.88. The molecule has 0 N–H and O–H groups in total. The van der Waals surface area contributed by atoms with Crippen molar-refractivity contribution < 1.29 is 4.74 Å². The van der Waals surface area contributed by atoms with Gasteiger partial charge in [0.25, 0.3) is 0 Å². The number of fused-ring (bicyclic) bond motifs is 2. The third-order valence-electron chi connectivity index (χ3n) is 7.60. The van der Waals surface area contributed by atoms with Crippen molar-refractivity contribution in [3.63, 3.8) is 0 Å². The van der Waals surface area contributed by atoms with Gasteiger partial charge in [-0.1, -0.05) is 47.1 Å². The summed E-state index contributed by atoms with van der Waals surface area (Å²) in [5.41, 5.74) is 9.27. The molecular formula is C30H35N3O. The van der Waals surface area contributed by atoms with Crippen molar-refractivity contribution >= 4 is 5.57 Å². The fourth-order valence-electron chi connectivity index (χ4n) is 5.22. The van der Waals surface area contributed by atoms with Crippen molar-refractivity contribution in [2.45, 2.75) is 52.9 Å². The predicted molar refractivity (Wildman–Crippen MR) is 138 cm³/mol. The molecule has 0 aliphatic heterocycles. The molecule has 0 saturated heterocycles. The van der Waals surface area contributed by atoms with Crippen LogP contribution in [-0.2, 0) is 0 Å². The molecule has 1 aromatic heterocycles. The molecule has 0 spiro atoms. The van der Waals surface area contributed by atoms with E-state index >= 15 is 0 Å². The first-order chi connectivity index (χ1) is 16.5. The molecule has 34 heavy (non-hydrogen) atoms. The average molecular weight is 454 g/mol. The Balaban J connectivity index is 0.000000142. The van der Waals surface area contributed by atoms with E-state index in [2.05, 4.69) is 80.0 Å². The number of hydrogen-bond donors (Lipinski definition) is 0. The molecule has 4 saturated carbocycles. The van der Waals surface area contributed by atoms with Gasteiger partial charge >= 0.3 is 0 Å². The Morgan fingerprint density at radius 1 is 0.971 bits per heavy atom. The smallest absolute Gasteiger partial charge is 0.119 e. The van der Waals surface area contributed by atoms with E-state index in [9.17, 15) is 0 Å². The zero-order chi connectivity index (χ0) is 23.7. The topological polar surface area (TPSA) is 39.9 Å². The lowest BCUT2D eigenvalue weighted by Crippen LogP contribution is -2.38. The van der Waals surface area contributed by atoms with Gasteiger partial charge in [-0.25, -0.2) is 0 Å². The third kappa shape index (κ3) is 5.01. The van der Waals surface area contributed by atoms with Crippen LogP contribution in [0.15, 0.2) is 72.6 Å². The minimum atomic E-state index is 0.591. The quantitative estimate of drug-likeness (QED) is 0.386. The summed E-state index contributed by atoms with van der Waals surface area (Å²) >= 11 is 0. The highest BCUT2D eigenvalue weighted by atomic mass is 16.5. The number of allylic oxidation sites excluding steroid dienone is 2. The number of benzene rings is 2. The van der Waals surface area contributed by atoms with Gasteiger partial charge in [0, 0.05) is 11.5 Å². The zero-order valence-corrected chi connectivity index (χ0v) is 20.6. The van der Waals surface area contributed by atoms with Crippen molar-refractivity contribution in [2.75, 3.05) is 6.61 Å². The molecule has 176 valence electrons. The SMILES string of the molecule is C=C1C(COc2ccc(C)cc2)CC2CC1C2.CC(=C1CC1)c1cc(C)ccc1-n1nccn1. The lowest BCUT2D eigenvalue weighted by molar-refractivity contribution is 0.103. The summed E-state index contributed by atoms with van der Waals surface area (Å²) in [7, 11) is 0. The Labute approximate surface area is 203 Å². The van der Waals surface area contributed by atoms with Crippen LogP contribution in [-0.4, -0.2) is 21.6 Å². The number of aryl methyl sites for hydroxylation is 2. The van der Waals surface area contributed by atoms with E-state index < -0.39 is 0 Å². The van der Waals surface area contributed by atoms with E-state index in [-0.39, 0.29) is 0 Å². The monoisotopic (exact) mass is 453 g/mol. The first kappa shape index (κ1) is 22.6. The van der Waals surface area contributed by atoms with Gasteiger partial charge in [0.15, 0.2) is 0 Å². The summed E-state index contributed by atoms with van der Waals surface area (Å²) < 4.78 is 5.88. The summed E-state index contributed by atoms with van der Waals surface area (Å²) in [6.07, 6.45) is 9.98. The first-order valence-electron chi connectivity index (χ1n) is 12.5. The second-order valence-electron chi connectivity index (χ2n) is 10.2. The maximum absolute atomic E-state index is 5.88. The van der Waals surface area contributed by atoms with Crippen LogP contribution in [0.2, 0.25) is 0 Å². The molecule has 4 aliphatic carbocycles. The van der Waals surface area contributed by atoms with Crippen molar-refractivity contribution in [2.24, 2.45) is 17.8 Å². The van der Waals surface area contributed by atoms with E-state index in [1.54, 1.807) is 22.8 Å². The molecule has 1 heterocycles. The molecule has 0 amide bonds. The van der Waals surface area contributed by atoms with Gasteiger partial charge in [0.2, 0.25) is 0 Å². The molecule has 4 nitrogen and oxygen atoms in total. The normalized spacial score (nSPS) is 22.4. The number of hydrogen-bond acceptors (Lipinski definition) is 3. The fourth-order valence-corrected chi connectivity index (χ4v) is 5.22. The van der Waals surface area contributed by atoms with Gasteiger partial charge in [-0.15, -0.1) is 0 Å². The Morgan fingerprint density at radius 3 is 2.29 bits per heavy atom. The Hall–Kier alpha value is -3.14. The minimum Gasteiger partial charge on any atom is -0.493 e. The van der Waals surface area contributed by atoms with E-state index in [1.165, 1.54) is 59.9 Å². The van der Waals surface area contributed by atoms with Gasteiger partial charge in [0.1, 0.15) is 5.75 Å². The van der Waals surface area contributed by atoms with Crippen molar-refractivity contribution in [1.29, 1.82) is 0 Å². The average Bonchev–Trinajstić information content (AvgIpc) is 3.53. The molecule has 1 unspecified atom stereocenters. The second kappa shape index (κ2) is 9.61. The van der Waals surface area contributed by atoms with Gasteiger partial charge in [-0.2, -0.15) is 15.0 Å². The van der Waals surface area contributed by atoms with Crippen LogP contribution in [0.5, 0.6) is 5.75 Å². The summed E-state index contributed by atoms with van der Waals surface area (Å²) in [6.45, 7) is 11.5. The van der Waals surface area contributed by atoms with Crippen LogP contribution in [0.1, 0.15) is 55.7 Å². The molecule has 4 aliphatic rings. The lowest BCUT2D eigenvalue weighted by Gasteiger charge is -2.46. The summed E-state index contributed by atoms with van der Waals surface area (Å²) in [5, 5.41) is 8.44. The zero-order valence-electron chi connectivity index (χ0n) is 20.6. The standard InChI is InChI=1S/C16H20O.C14H15N3/c1-11-3-5-16(6-4-11)17-10-15-9-13-7-14(8-13)12(15)2;1-10-3-6-14(17-15-7-8-16-17)13(9-10)11(2)12-4-5-12/h3-6,13-15H,2,7-10H2,1H3;3,6-9H,4-5H2,1-2H3. The summed E-state index contributed by atoms with van der Waals surface area (Å²) in [6, 6.07) is 14.7. The first-order valence-corrected chi connectivity index (χ1v) is 12.5. The lowest BCUT2D eigenvalue weighted by atomic mass is 9.59. The molecule has 4 heteroatoms. The highest BCUT2D eigenvalue weighted by Gasteiger charge is 2.40. The predicted octanol–water partition coefficient (Wildman–Crippen LogP) is 7.12. The Bertz CT molecular complexity index is 1180. The van der Waals surface area contributed by atoms with Gasteiger partial charge in [0.05, 0.1) is 24.7 Å². The molecule has 2 aromatic carbocycles. The van der Waals surface area contributed by atoms with Crippen molar-refractivity contribution in [3.05, 3.63) is 89.3 Å². The van der Waals surface area contributed by atoms with Crippen LogP contribution in [0.4, 0.5) is 0 Å². The molecule has 0 radical (unpaired) electrons. The van der Waals surface area contributed by atoms with Gasteiger partial charge in [-0.05, 0) is 94.5 Å². The minimum absolute atomic E-state index is 0.591. The molecule has 3 aromatic rings. The molecule has 7 rings (SSSR count). The van der Waals surface area contributed by atoms with Crippen molar-refractivity contribution in [3.8, 4) is 11.4 Å². The van der Waals surface area contributed by atoms with Crippen LogP contribution in [0.25, 0.3) is 11.3 Å².